The Hall–Kier alpha value is -0.480. The molecular weight excluding hydrogens is 297 g/mol. The number of halogens is 2. The largest absolute Gasteiger partial charge is 0.489 e. The number of nitrogens with one attached hydrogen (secondary N) is 1. The molecular formula is C15H23Cl2NO2. The van der Waals surface area contributed by atoms with Crippen LogP contribution in [-0.2, 0) is 6.54 Å². The molecule has 0 bridgehead atoms. The lowest BCUT2D eigenvalue weighted by atomic mass is 10.1. The SMILES string of the molecule is CCCNCc1cc(Cl)cc(Cl)c1OCC(C)(O)CC. The minimum absolute atomic E-state index is 0.200. The van der Waals surface area contributed by atoms with Gasteiger partial charge in [-0.2, -0.15) is 0 Å². The van der Waals surface area contributed by atoms with E-state index in [1.54, 1.807) is 13.0 Å². The summed E-state index contributed by atoms with van der Waals surface area (Å²) in [5.41, 5.74) is 0.0414. The first-order chi connectivity index (χ1) is 9.39. The summed E-state index contributed by atoms with van der Waals surface area (Å²) in [7, 11) is 0. The third-order valence-electron chi connectivity index (χ3n) is 3.12. The van der Waals surface area contributed by atoms with Crippen LogP contribution in [0.1, 0.15) is 39.2 Å². The Labute approximate surface area is 131 Å². The lowest BCUT2D eigenvalue weighted by Gasteiger charge is -2.23. The zero-order valence-corrected chi connectivity index (χ0v) is 13.8. The Kier molecular flexibility index (Phi) is 7.10. The standard InChI is InChI=1S/C15H23Cl2NO2/c1-4-6-18-9-11-7-12(16)8-13(17)14(11)20-10-15(3,19)5-2/h7-8,18-19H,4-6,9-10H2,1-3H3. The number of aliphatic hydroxyl groups is 1. The van der Waals surface area contributed by atoms with Gasteiger partial charge in [-0.15, -0.1) is 0 Å². The van der Waals surface area contributed by atoms with Crippen LogP contribution < -0.4 is 10.1 Å². The van der Waals surface area contributed by atoms with Crippen LogP contribution >= 0.6 is 23.2 Å². The fourth-order valence-corrected chi connectivity index (χ4v) is 2.23. The van der Waals surface area contributed by atoms with Gasteiger partial charge in [0.25, 0.3) is 0 Å². The van der Waals surface area contributed by atoms with Crippen molar-refractivity contribution in [1.82, 2.24) is 5.32 Å². The van der Waals surface area contributed by atoms with E-state index in [0.29, 0.717) is 28.8 Å². The summed E-state index contributed by atoms with van der Waals surface area (Å²) in [6.07, 6.45) is 1.66. The highest BCUT2D eigenvalue weighted by Crippen LogP contribution is 2.33. The lowest BCUT2D eigenvalue weighted by Crippen LogP contribution is -2.31. The predicted octanol–water partition coefficient (Wildman–Crippen LogP) is 4.03. The molecule has 0 aromatic heterocycles. The first-order valence-corrected chi connectivity index (χ1v) is 7.69. The number of benzene rings is 1. The summed E-state index contributed by atoms with van der Waals surface area (Å²) in [4.78, 5) is 0. The van der Waals surface area contributed by atoms with E-state index in [9.17, 15) is 5.11 Å². The molecule has 0 spiro atoms. The zero-order chi connectivity index (χ0) is 15.2. The molecule has 0 saturated carbocycles. The first kappa shape index (κ1) is 17.6. The molecule has 0 aliphatic carbocycles. The Morgan fingerprint density at radius 2 is 2.00 bits per heavy atom. The van der Waals surface area contributed by atoms with E-state index in [1.807, 2.05) is 13.0 Å². The van der Waals surface area contributed by atoms with Crippen LogP contribution in [0.25, 0.3) is 0 Å². The summed E-state index contributed by atoms with van der Waals surface area (Å²) in [5.74, 6) is 0.591. The number of ether oxygens (including phenoxy) is 1. The van der Waals surface area contributed by atoms with E-state index in [-0.39, 0.29) is 6.61 Å². The van der Waals surface area contributed by atoms with E-state index < -0.39 is 5.60 Å². The lowest BCUT2D eigenvalue weighted by molar-refractivity contribution is 0.00820. The highest BCUT2D eigenvalue weighted by atomic mass is 35.5. The van der Waals surface area contributed by atoms with Gasteiger partial charge in [-0.25, -0.2) is 0 Å². The van der Waals surface area contributed by atoms with Crippen LogP contribution in [0.5, 0.6) is 5.75 Å². The van der Waals surface area contributed by atoms with Crippen molar-refractivity contribution in [1.29, 1.82) is 0 Å². The zero-order valence-electron chi connectivity index (χ0n) is 12.3. The molecule has 0 fully saturated rings. The molecule has 114 valence electrons. The second-order valence-electron chi connectivity index (χ2n) is 5.19. The number of hydrogen-bond donors (Lipinski definition) is 2. The van der Waals surface area contributed by atoms with Gasteiger partial charge in [-0.05, 0) is 38.4 Å². The monoisotopic (exact) mass is 319 g/mol. The maximum absolute atomic E-state index is 10.0. The van der Waals surface area contributed by atoms with Crippen LogP contribution in [0.2, 0.25) is 10.0 Å². The van der Waals surface area contributed by atoms with Gasteiger partial charge < -0.3 is 15.2 Å². The molecule has 0 aliphatic rings. The molecule has 5 heteroatoms. The summed E-state index contributed by atoms with van der Waals surface area (Å²) in [6, 6.07) is 3.49. The highest BCUT2D eigenvalue weighted by molar-refractivity contribution is 6.35. The average molecular weight is 320 g/mol. The number of rotatable bonds is 8. The minimum Gasteiger partial charge on any atom is -0.489 e. The van der Waals surface area contributed by atoms with Gasteiger partial charge >= 0.3 is 0 Å². The van der Waals surface area contributed by atoms with Crippen LogP contribution in [0.4, 0.5) is 0 Å². The van der Waals surface area contributed by atoms with Gasteiger partial charge in [0.15, 0.2) is 0 Å². The highest BCUT2D eigenvalue weighted by Gasteiger charge is 2.20. The number of hydrogen-bond acceptors (Lipinski definition) is 3. The van der Waals surface area contributed by atoms with Gasteiger partial charge in [0.2, 0.25) is 0 Å². The first-order valence-electron chi connectivity index (χ1n) is 6.93. The third-order valence-corrected chi connectivity index (χ3v) is 3.62. The molecule has 3 nitrogen and oxygen atoms in total. The molecule has 0 heterocycles. The molecule has 20 heavy (non-hydrogen) atoms. The van der Waals surface area contributed by atoms with E-state index in [2.05, 4.69) is 12.2 Å². The Balaban J connectivity index is 2.86. The maximum atomic E-state index is 10.0. The maximum Gasteiger partial charge on any atom is 0.142 e. The van der Waals surface area contributed by atoms with Crippen molar-refractivity contribution < 1.29 is 9.84 Å². The second-order valence-corrected chi connectivity index (χ2v) is 6.04. The summed E-state index contributed by atoms with van der Waals surface area (Å²) < 4.78 is 5.73. The Morgan fingerprint density at radius 3 is 2.60 bits per heavy atom. The van der Waals surface area contributed by atoms with Crippen LogP contribution in [0, 0.1) is 0 Å². The van der Waals surface area contributed by atoms with Gasteiger partial charge in [-0.3, -0.25) is 0 Å². The Morgan fingerprint density at radius 1 is 1.30 bits per heavy atom. The molecule has 0 radical (unpaired) electrons. The predicted molar refractivity (Wildman–Crippen MR) is 84.9 cm³/mol. The molecule has 0 aliphatic heterocycles. The van der Waals surface area contributed by atoms with Crippen molar-refractivity contribution in [2.75, 3.05) is 13.2 Å². The topological polar surface area (TPSA) is 41.5 Å². The molecule has 1 aromatic carbocycles. The van der Waals surface area contributed by atoms with Crippen molar-refractivity contribution in [3.63, 3.8) is 0 Å². The van der Waals surface area contributed by atoms with Gasteiger partial charge in [0.05, 0.1) is 10.6 Å². The van der Waals surface area contributed by atoms with E-state index in [1.165, 1.54) is 0 Å². The van der Waals surface area contributed by atoms with Crippen molar-refractivity contribution >= 4 is 23.2 Å². The van der Waals surface area contributed by atoms with Crippen LogP contribution in [0.3, 0.4) is 0 Å². The average Bonchev–Trinajstić information content (AvgIpc) is 2.37. The van der Waals surface area contributed by atoms with Crippen molar-refractivity contribution in [3.05, 3.63) is 27.7 Å². The Bertz CT molecular complexity index is 436. The van der Waals surface area contributed by atoms with E-state index >= 15 is 0 Å². The summed E-state index contributed by atoms with van der Waals surface area (Å²) in [6.45, 7) is 7.51. The van der Waals surface area contributed by atoms with Crippen molar-refractivity contribution in [2.24, 2.45) is 0 Å². The van der Waals surface area contributed by atoms with Crippen molar-refractivity contribution in [2.45, 2.75) is 45.8 Å². The normalized spacial score (nSPS) is 14.1. The molecule has 1 aromatic rings. The minimum atomic E-state index is -0.864. The smallest absolute Gasteiger partial charge is 0.142 e. The van der Waals surface area contributed by atoms with Crippen molar-refractivity contribution in [3.8, 4) is 5.75 Å². The molecule has 2 N–H and O–H groups in total. The molecule has 0 saturated heterocycles. The molecule has 1 atom stereocenters. The molecule has 1 rings (SSSR count). The van der Waals surface area contributed by atoms with E-state index in [4.69, 9.17) is 27.9 Å². The molecule has 1 unspecified atom stereocenters. The van der Waals surface area contributed by atoms with Crippen LogP contribution in [0.15, 0.2) is 12.1 Å². The van der Waals surface area contributed by atoms with Crippen LogP contribution in [-0.4, -0.2) is 23.9 Å². The van der Waals surface area contributed by atoms with Gasteiger partial charge in [0, 0.05) is 17.1 Å². The summed E-state index contributed by atoms with van der Waals surface area (Å²) >= 11 is 12.2. The van der Waals surface area contributed by atoms with Gasteiger partial charge in [0.1, 0.15) is 12.4 Å². The molecule has 0 amide bonds. The fourth-order valence-electron chi connectivity index (χ4n) is 1.64. The fraction of sp³-hybridized carbons (Fsp3) is 0.600. The van der Waals surface area contributed by atoms with E-state index in [0.717, 1.165) is 18.5 Å². The van der Waals surface area contributed by atoms with Gasteiger partial charge in [-0.1, -0.05) is 37.0 Å². The quantitative estimate of drug-likeness (QED) is 0.711. The second kappa shape index (κ2) is 8.08. The summed E-state index contributed by atoms with van der Waals surface area (Å²) in [5, 5.41) is 14.4. The third kappa shape index (κ3) is 5.49.